The molecule has 0 aliphatic heterocycles. The van der Waals surface area contributed by atoms with Crippen LogP contribution >= 0.6 is 11.6 Å². The molecule has 2 N–H and O–H groups in total. The molecular formula is C16H17ClFN. The van der Waals surface area contributed by atoms with E-state index in [0.29, 0.717) is 10.6 Å². The first-order valence-electron chi connectivity index (χ1n) is 6.14. The highest BCUT2D eigenvalue weighted by molar-refractivity contribution is 6.31. The van der Waals surface area contributed by atoms with Gasteiger partial charge in [0.05, 0.1) is 5.54 Å². The number of rotatable bonds is 2. The van der Waals surface area contributed by atoms with Crippen molar-refractivity contribution >= 4 is 11.6 Å². The van der Waals surface area contributed by atoms with Crippen molar-refractivity contribution in [1.29, 1.82) is 0 Å². The van der Waals surface area contributed by atoms with Crippen LogP contribution in [0.25, 0.3) is 0 Å². The molecule has 2 aromatic rings. The van der Waals surface area contributed by atoms with Crippen molar-refractivity contribution in [3.63, 3.8) is 0 Å². The Balaban J connectivity index is 2.64. The largest absolute Gasteiger partial charge is 0.318 e. The highest BCUT2D eigenvalue weighted by atomic mass is 35.5. The Morgan fingerprint density at radius 2 is 1.74 bits per heavy atom. The molecule has 1 atom stereocenters. The van der Waals surface area contributed by atoms with Crippen molar-refractivity contribution in [2.75, 3.05) is 0 Å². The van der Waals surface area contributed by atoms with E-state index in [-0.39, 0.29) is 5.82 Å². The van der Waals surface area contributed by atoms with Crippen LogP contribution in [0.1, 0.15) is 29.2 Å². The fourth-order valence-electron chi connectivity index (χ4n) is 2.34. The number of hydrogen-bond donors (Lipinski definition) is 1. The van der Waals surface area contributed by atoms with Crippen LogP contribution in [0.5, 0.6) is 0 Å². The first-order valence-corrected chi connectivity index (χ1v) is 6.52. The van der Waals surface area contributed by atoms with E-state index in [1.807, 2.05) is 39.0 Å². The van der Waals surface area contributed by atoms with Crippen LogP contribution in [0.4, 0.5) is 4.39 Å². The molecule has 100 valence electrons. The lowest BCUT2D eigenvalue weighted by molar-refractivity contribution is 0.579. The third-order valence-electron chi connectivity index (χ3n) is 3.44. The summed E-state index contributed by atoms with van der Waals surface area (Å²) in [4.78, 5) is 0. The van der Waals surface area contributed by atoms with E-state index < -0.39 is 5.54 Å². The van der Waals surface area contributed by atoms with Crippen LogP contribution in [0.15, 0.2) is 36.4 Å². The molecule has 2 rings (SSSR count). The van der Waals surface area contributed by atoms with Gasteiger partial charge in [0.25, 0.3) is 0 Å². The maximum Gasteiger partial charge on any atom is 0.123 e. The van der Waals surface area contributed by atoms with Gasteiger partial charge in [0.15, 0.2) is 0 Å². The zero-order chi connectivity index (χ0) is 14.2. The van der Waals surface area contributed by atoms with Gasteiger partial charge in [0, 0.05) is 5.02 Å². The number of nitrogens with two attached hydrogens (primary N) is 1. The minimum Gasteiger partial charge on any atom is -0.318 e. The molecule has 0 bridgehead atoms. The van der Waals surface area contributed by atoms with Crippen molar-refractivity contribution in [2.45, 2.75) is 26.3 Å². The van der Waals surface area contributed by atoms with Gasteiger partial charge in [-0.2, -0.15) is 0 Å². The molecule has 0 aliphatic carbocycles. The van der Waals surface area contributed by atoms with Gasteiger partial charge in [0.1, 0.15) is 5.82 Å². The van der Waals surface area contributed by atoms with E-state index in [2.05, 4.69) is 0 Å². The molecular weight excluding hydrogens is 261 g/mol. The molecule has 3 heteroatoms. The molecule has 0 spiro atoms. The molecule has 0 heterocycles. The zero-order valence-electron chi connectivity index (χ0n) is 11.3. The first-order chi connectivity index (χ1) is 8.82. The predicted molar refractivity (Wildman–Crippen MR) is 78.0 cm³/mol. The van der Waals surface area contributed by atoms with Crippen molar-refractivity contribution in [3.05, 3.63) is 69.5 Å². The Kier molecular flexibility index (Phi) is 3.66. The third kappa shape index (κ3) is 2.65. The first kappa shape index (κ1) is 14.0. The lowest BCUT2D eigenvalue weighted by atomic mass is 9.82. The van der Waals surface area contributed by atoms with Crippen LogP contribution in [0, 0.1) is 19.7 Å². The molecule has 0 aromatic heterocycles. The summed E-state index contributed by atoms with van der Waals surface area (Å²) >= 11 is 6.18. The Labute approximate surface area is 118 Å². The van der Waals surface area contributed by atoms with Gasteiger partial charge < -0.3 is 5.73 Å². The summed E-state index contributed by atoms with van der Waals surface area (Å²) in [6.07, 6.45) is 0. The molecule has 2 aromatic carbocycles. The van der Waals surface area contributed by atoms with Crippen molar-refractivity contribution in [2.24, 2.45) is 5.73 Å². The Hall–Kier alpha value is -1.38. The molecule has 0 saturated heterocycles. The van der Waals surface area contributed by atoms with Crippen LogP contribution in [0.3, 0.4) is 0 Å². The van der Waals surface area contributed by atoms with Gasteiger partial charge in [-0.1, -0.05) is 35.4 Å². The summed E-state index contributed by atoms with van der Waals surface area (Å²) in [5.41, 5.74) is 9.36. The third-order valence-corrected chi connectivity index (χ3v) is 3.77. The SMILES string of the molecule is Cc1ccc(C)c(C(C)(N)c2cc(F)ccc2Cl)c1. The number of aryl methyl sites for hydroxylation is 2. The van der Waals surface area contributed by atoms with Gasteiger partial charge in [-0.15, -0.1) is 0 Å². The quantitative estimate of drug-likeness (QED) is 0.869. The van der Waals surface area contributed by atoms with Crippen LogP contribution < -0.4 is 5.73 Å². The predicted octanol–water partition coefficient (Wildman–Crippen LogP) is 4.32. The highest BCUT2D eigenvalue weighted by Gasteiger charge is 2.28. The van der Waals surface area contributed by atoms with E-state index in [1.165, 1.54) is 12.1 Å². The molecule has 0 saturated carbocycles. The normalized spacial score (nSPS) is 14.2. The van der Waals surface area contributed by atoms with Crippen molar-refractivity contribution in [1.82, 2.24) is 0 Å². The lowest BCUT2D eigenvalue weighted by Gasteiger charge is -2.29. The molecule has 0 radical (unpaired) electrons. The molecule has 0 amide bonds. The van der Waals surface area contributed by atoms with Crippen LogP contribution in [0.2, 0.25) is 5.02 Å². The minimum absolute atomic E-state index is 0.332. The summed E-state index contributed by atoms with van der Waals surface area (Å²) in [6, 6.07) is 10.4. The second-order valence-corrected chi connectivity index (χ2v) is 5.55. The summed E-state index contributed by atoms with van der Waals surface area (Å²) in [5, 5.41) is 0.479. The van der Waals surface area contributed by atoms with E-state index in [0.717, 1.165) is 16.7 Å². The van der Waals surface area contributed by atoms with Crippen molar-refractivity contribution in [3.8, 4) is 0 Å². The highest BCUT2D eigenvalue weighted by Crippen LogP contribution is 2.34. The van der Waals surface area contributed by atoms with Gasteiger partial charge in [0.2, 0.25) is 0 Å². The van der Waals surface area contributed by atoms with E-state index in [1.54, 1.807) is 6.07 Å². The maximum atomic E-state index is 13.5. The molecule has 0 fully saturated rings. The minimum atomic E-state index is -0.824. The Morgan fingerprint density at radius 1 is 1.05 bits per heavy atom. The summed E-state index contributed by atoms with van der Waals surface area (Å²) < 4.78 is 13.5. The zero-order valence-corrected chi connectivity index (χ0v) is 12.1. The van der Waals surface area contributed by atoms with Crippen LogP contribution in [-0.4, -0.2) is 0 Å². The average Bonchev–Trinajstić information content (AvgIpc) is 2.35. The average molecular weight is 278 g/mol. The summed E-state index contributed by atoms with van der Waals surface area (Å²) in [5.74, 6) is -0.332. The topological polar surface area (TPSA) is 26.0 Å². The number of benzene rings is 2. The van der Waals surface area contributed by atoms with E-state index >= 15 is 0 Å². The van der Waals surface area contributed by atoms with Gasteiger partial charge in [-0.3, -0.25) is 0 Å². The molecule has 1 nitrogen and oxygen atoms in total. The molecule has 19 heavy (non-hydrogen) atoms. The second-order valence-electron chi connectivity index (χ2n) is 5.14. The second kappa shape index (κ2) is 4.95. The van der Waals surface area contributed by atoms with Gasteiger partial charge in [-0.25, -0.2) is 4.39 Å². The lowest BCUT2D eigenvalue weighted by Crippen LogP contribution is -2.35. The van der Waals surface area contributed by atoms with Gasteiger partial charge in [-0.05, 0) is 55.7 Å². The van der Waals surface area contributed by atoms with E-state index in [9.17, 15) is 4.39 Å². The smallest absolute Gasteiger partial charge is 0.123 e. The molecule has 1 unspecified atom stereocenters. The standard InChI is InChI=1S/C16H17ClFN/c1-10-4-5-11(2)13(8-10)16(3,19)14-9-12(18)6-7-15(14)17/h4-9H,19H2,1-3H3. The number of halogens is 2. The summed E-state index contributed by atoms with van der Waals surface area (Å²) in [6.45, 7) is 5.86. The molecule has 0 aliphatic rings. The monoisotopic (exact) mass is 277 g/mol. The fraction of sp³-hybridized carbons (Fsp3) is 0.250. The van der Waals surface area contributed by atoms with E-state index in [4.69, 9.17) is 17.3 Å². The number of hydrogen-bond acceptors (Lipinski definition) is 1. The van der Waals surface area contributed by atoms with Crippen molar-refractivity contribution < 1.29 is 4.39 Å². The maximum absolute atomic E-state index is 13.5. The summed E-state index contributed by atoms with van der Waals surface area (Å²) in [7, 11) is 0. The Bertz CT molecular complexity index is 567. The van der Waals surface area contributed by atoms with Crippen LogP contribution in [-0.2, 0) is 5.54 Å². The Morgan fingerprint density at radius 3 is 2.42 bits per heavy atom. The van der Waals surface area contributed by atoms with Gasteiger partial charge >= 0.3 is 0 Å². The fourth-order valence-corrected chi connectivity index (χ4v) is 2.65.